The van der Waals surface area contributed by atoms with Gasteiger partial charge in [-0.1, -0.05) is 30.7 Å². The molecule has 0 saturated heterocycles. The van der Waals surface area contributed by atoms with E-state index in [9.17, 15) is 4.79 Å². The zero-order valence-corrected chi connectivity index (χ0v) is 11.7. The number of fused-ring (bicyclic) bond motifs is 1. The Bertz CT molecular complexity index is 690. The van der Waals surface area contributed by atoms with Gasteiger partial charge in [0.05, 0.1) is 5.69 Å². The molecule has 1 heterocycles. The first-order valence-electron chi connectivity index (χ1n) is 7.21. The van der Waals surface area contributed by atoms with Gasteiger partial charge in [-0.2, -0.15) is 5.10 Å². The molecular weight excluding hydrogens is 264 g/mol. The molecule has 5 nitrogen and oxygen atoms in total. The van der Waals surface area contributed by atoms with E-state index in [-0.39, 0.29) is 5.92 Å². The molecule has 1 unspecified atom stereocenters. The van der Waals surface area contributed by atoms with Crippen LogP contribution in [-0.4, -0.2) is 16.7 Å². The van der Waals surface area contributed by atoms with Crippen LogP contribution < -0.4 is 11.2 Å². The summed E-state index contributed by atoms with van der Waals surface area (Å²) in [5.41, 5.74) is 9.48. The fourth-order valence-corrected chi connectivity index (χ4v) is 2.97. The maximum Gasteiger partial charge on any atom is 0.332 e. The average molecular weight is 282 g/mol. The van der Waals surface area contributed by atoms with Crippen molar-refractivity contribution >= 4 is 22.5 Å². The highest BCUT2D eigenvalue weighted by atomic mass is 16.2. The molecule has 108 valence electrons. The maximum atomic E-state index is 10.9. The van der Waals surface area contributed by atoms with Crippen molar-refractivity contribution in [3.63, 3.8) is 0 Å². The first-order valence-corrected chi connectivity index (χ1v) is 7.21. The zero-order chi connectivity index (χ0) is 14.7. The largest absolute Gasteiger partial charge is 0.350 e. The van der Waals surface area contributed by atoms with Crippen molar-refractivity contribution in [3.05, 3.63) is 42.2 Å². The third kappa shape index (κ3) is 2.86. The lowest BCUT2D eigenvalue weighted by atomic mass is 9.83. The van der Waals surface area contributed by atoms with Gasteiger partial charge in [0, 0.05) is 23.2 Å². The minimum atomic E-state index is -0.627. The van der Waals surface area contributed by atoms with Crippen molar-refractivity contribution in [1.29, 1.82) is 0 Å². The van der Waals surface area contributed by atoms with Gasteiger partial charge in [-0.3, -0.25) is 4.98 Å². The quantitative estimate of drug-likeness (QED) is 0.830. The molecule has 2 aromatic rings. The number of pyridine rings is 1. The number of nitrogens with zero attached hydrogens (tertiary/aromatic N) is 2. The Morgan fingerprint density at radius 3 is 3.00 bits per heavy atom. The van der Waals surface area contributed by atoms with Gasteiger partial charge in [-0.15, -0.1) is 0 Å². The van der Waals surface area contributed by atoms with Crippen LogP contribution >= 0.6 is 0 Å². The second-order valence-corrected chi connectivity index (χ2v) is 5.29. The van der Waals surface area contributed by atoms with E-state index in [1.807, 2.05) is 24.4 Å². The van der Waals surface area contributed by atoms with Crippen molar-refractivity contribution in [3.8, 4) is 0 Å². The lowest BCUT2D eigenvalue weighted by molar-refractivity contribution is 0.249. The third-order valence-corrected chi connectivity index (χ3v) is 3.92. The molecule has 1 aromatic heterocycles. The van der Waals surface area contributed by atoms with Gasteiger partial charge in [-0.25, -0.2) is 10.2 Å². The van der Waals surface area contributed by atoms with Gasteiger partial charge >= 0.3 is 6.03 Å². The highest BCUT2D eigenvalue weighted by Crippen LogP contribution is 2.33. The number of amides is 2. The molecule has 3 N–H and O–H groups in total. The van der Waals surface area contributed by atoms with Crippen LogP contribution in [0.2, 0.25) is 0 Å². The number of aromatic nitrogens is 1. The number of carbonyl (C=O) groups excluding carboxylic acids is 1. The number of hydrogen-bond acceptors (Lipinski definition) is 3. The second-order valence-electron chi connectivity index (χ2n) is 5.29. The van der Waals surface area contributed by atoms with E-state index >= 15 is 0 Å². The number of primary amides is 1. The van der Waals surface area contributed by atoms with E-state index in [4.69, 9.17) is 5.73 Å². The van der Waals surface area contributed by atoms with Crippen molar-refractivity contribution in [2.45, 2.75) is 31.6 Å². The van der Waals surface area contributed by atoms with Crippen LogP contribution in [-0.2, 0) is 0 Å². The molecule has 1 aliphatic carbocycles. The van der Waals surface area contributed by atoms with E-state index in [0.29, 0.717) is 0 Å². The van der Waals surface area contributed by atoms with Gasteiger partial charge < -0.3 is 5.73 Å². The molecule has 0 aliphatic heterocycles. The van der Waals surface area contributed by atoms with Crippen molar-refractivity contribution < 1.29 is 4.79 Å². The topological polar surface area (TPSA) is 80.4 Å². The van der Waals surface area contributed by atoms with Gasteiger partial charge in [0.15, 0.2) is 0 Å². The van der Waals surface area contributed by atoms with Crippen molar-refractivity contribution in [2.24, 2.45) is 10.8 Å². The molecule has 1 fully saturated rings. The molecule has 1 saturated carbocycles. The van der Waals surface area contributed by atoms with E-state index in [2.05, 4.69) is 27.6 Å². The van der Waals surface area contributed by atoms with Crippen LogP contribution in [0.25, 0.3) is 10.8 Å². The number of nitrogens with two attached hydrogens (primary N) is 1. The zero-order valence-electron chi connectivity index (χ0n) is 11.7. The summed E-state index contributed by atoms with van der Waals surface area (Å²) in [6.07, 6.45) is 5.94. The van der Waals surface area contributed by atoms with Gasteiger partial charge in [0.1, 0.15) is 0 Å². The number of urea groups is 1. The Morgan fingerprint density at radius 1 is 1.29 bits per heavy atom. The lowest BCUT2D eigenvalue weighted by Gasteiger charge is -2.24. The minimum Gasteiger partial charge on any atom is -0.350 e. The van der Waals surface area contributed by atoms with Crippen LogP contribution in [0.5, 0.6) is 0 Å². The molecule has 3 rings (SSSR count). The minimum absolute atomic E-state index is 0.150. The molecule has 1 aliphatic rings. The fraction of sp³-hybridized carbons (Fsp3) is 0.312. The Balaban J connectivity index is 2.02. The van der Waals surface area contributed by atoms with Gasteiger partial charge in [-0.05, 0) is 30.7 Å². The second kappa shape index (κ2) is 5.91. The summed E-state index contributed by atoms with van der Waals surface area (Å²) in [5.74, 6) is 0.150. The summed E-state index contributed by atoms with van der Waals surface area (Å²) in [5, 5.41) is 6.53. The lowest BCUT2D eigenvalue weighted by Crippen LogP contribution is -2.28. The van der Waals surface area contributed by atoms with Crippen LogP contribution in [0.15, 0.2) is 41.6 Å². The van der Waals surface area contributed by atoms with Crippen molar-refractivity contribution in [2.75, 3.05) is 0 Å². The molecule has 0 spiro atoms. The number of rotatable bonds is 2. The number of nitrogens with one attached hydrogen (secondary N) is 1. The predicted octanol–water partition coefficient (Wildman–Crippen LogP) is 2.92. The summed E-state index contributed by atoms with van der Waals surface area (Å²) < 4.78 is 0. The Morgan fingerprint density at radius 2 is 2.14 bits per heavy atom. The number of hydrogen-bond donors (Lipinski definition) is 2. The smallest absolute Gasteiger partial charge is 0.332 e. The first kappa shape index (κ1) is 13.5. The van der Waals surface area contributed by atoms with Gasteiger partial charge in [0.25, 0.3) is 0 Å². The van der Waals surface area contributed by atoms with Crippen LogP contribution in [0.3, 0.4) is 0 Å². The van der Waals surface area contributed by atoms with Crippen LogP contribution in [0, 0.1) is 0 Å². The Kier molecular flexibility index (Phi) is 3.81. The monoisotopic (exact) mass is 282 g/mol. The highest BCUT2D eigenvalue weighted by molar-refractivity contribution is 5.96. The normalized spacial score (nSPS) is 20.6. The summed E-state index contributed by atoms with van der Waals surface area (Å²) in [4.78, 5) is 15.5. The summed E-state index contributed by atoms with van der Waals surface area (Å²) in [6, 6.07) is 9.61. The Hall–Kier alpha value is -2.43. The standard InChI is InChI=1S/C16H18N4O/c17-16(21)20-19-14-8-4-3-7-13(14)15-12-6-2-1-5-11(12)9-10-18-15/h1-2,5-6,9-10,13H,3-4,7-8H2,(H3,17,20,21)/b19-14-. The fourth-order valence-electron chi connectivity index (χ4n) is 2.97. The highest BCUT2D eigenvalue weighted by Gasteiger charge is 2.25. The Labute approximate surface area is 123 Å². The molecule has 21 heavy (non-hydrogen) atoms. The molecule has 1 atom stereocenters. The molecule has 0 radical (unpaired) electrons. The predicted molar refractivity (Wildman–Crippen MR) is 83.1 cm³/mol. The molecule has 1 aromatic carbocycles. The van der Waals surface area contributed by atoms with Crippen molar-refractivity contribution in [1.82, 2.24) is 10.4 Å². The number of benzene rings is 1. The van der Waals surface area contributed by atoms with Crippen LogP contribution in [0.1, 0.15) is 37.3 Å². The van der Waals surface area contributed by atoms with Gasteiger partial charge in [0.2, 0.25) is 0 Å². The number of carbonyl (C=O) groups is 1. The molecule has 2 amide bonds. The SMILES string of the molecule is NC(=O)N/N=C1/CCCCC1c1nccc2ccccc12. The molecule has 5 heteroatoms. The molecular formula is C16H18N4O. The van der Waals surface area contributed by atoms with E-state index in [0.717, 1.165) is 42.5 Å². The van der Waals surface area contributed by atoms with Crippen LogP contribution in [0.4, 0.5) is 4.79 Å². The van der Waals surface area contributed by atoms with E-state index in [1.54, 1.807) is 0 Å². The maximum absolute atomic E-state index is 10.9. The summed E-state index contributed by atoms with van der Waals surface area (Å²) in [6.45, 7) is 0. The third-order valence-electron chi connectivity index (χ3n) is 3.92. The number of hydrazone groups is 1. The average Bonchev–Trinajstić information content (AvgIpc) is 2.53. The molecule has 0 bridgehead atoms. The summed E-state index contributed by atoms with van der Waals surface area (Å²) >= 11 is 0. The van der Waals surface area contributed by atoms with E-state index < -0.39 is 6.03 Å². The first-order chi connectivity index (χ1) is 10.3. The van der Waals surface area contributed by atoms with E-state index in [1.165, 1.54) is 5.39 Å². The summed E-state index contributed by atoms with van der Waals surface area (Å²) in [7, 11) is 0.